The van der Waals surface area contributed by atoms with Crippen LogP contribution in [0, 0.1) is 0 Å². The number of hydrogen-bond acceptors (Lipinski definition) is 5. The number of nitrogens with zero attached hydrogens (tertiary/aromatic N) is 1. The second-order valence-corrected chi connectivity index (χ2v) is 6.63. The van der Waals surface area contributed by atoms with E-state index in [0.29, 0.717) is 37.8 Å². The number of ether oxygens (including phenoxy) is 2. The Kier molecular flexibility index (Phi) is 6.73. The molecule has 120 valence electrons. The smallest absolute Gasteiger partial charge is 0.242 e. The van der Waals surface area contributed by atoms with E-state index in [1.807, 2.05) is 0 Å². The van der Waals surface area contributed by atoms with Crippen molar-refractivity contribution in [2.75, 3.05) is 40.4 Å². The van der Waals surface area contributed by atoms with Gasteiger partial charge in [0.2, 0.25) is 10.0 Å². The van der Waals surface area contributed by atoms with Crippen molar-refractivity contribution in [3.8, 4) is 11.5 Å². The molecule has 0 saturated heterocycles. The van der Waals surface area contributed by atoms with Crippen LogP contribution in [0.4, 0.5) is 0 Å². The van der Waals surface area contributed by atoms with Crippen LogP contribution in [-0.4, -0.2) is 53.1 Å². The van der Waals surface area contributed by atoms with Gasteiger partial charge in [-0.05, 0) is 19.2 Å². The van der Waals surface area contributed by atoms with Gasteiger partial charge in [-0.2, -0.15) is 4.31 Å². The summed E-state index contributed by atoms with van der Waals surface area (Å²) in [6.07, 6.45) is 0.791. The largest absolute Gasteiger partial charge is 0.490 e. The average molecular weight is 337 g/mol. The van der Waals surface area contributed by atoms with Crippen LogP contribution in [0.3, 0.4) is 0 Å². The molecule has 0 bridgehead atoms. The number of rotatable bonds is 5. The minimum absolute atomic E-state index is 0. The molecule has 2 rings (SSSR count). The van der Waals surface area contributed by atoms with Gasteiger partial charge in [-0.15, -0.1) is 12.4 Å². The number of sulfonamides is 1. The van der Waals surface area contributed by atoms with Crippen molar-refractivity contribution in [1.29, 1.82) is 0 Å². The maximum Gasteiger partial charge on any atom is 0.242 e. The van der Waals surface area contributed by atoms with E-state index in [-0.39, 0.29) is 17.3 Å². The van der Waals surface area contributed by atoms with E-state index in [9.17, 15) is 8.42 Å². The quantitative estimate of drug-likeness (QED) is 0.872. The van der Waals surface area contributed by atoms with Crippen LogP contribution in [0.2, 0.25) is 0 Å². The first-order valence-electron chi connectivity index (χ1n) is 6.56. The summed E-state index contributed by atoms with van der Waals surface area (Å²) in [4.78, 5) is 0.223. The third kappa shape index (κ3) is 4.23. The van der Waals surface area contributed by atoms with Gasteiger partial charge in [0.25, 0.3) is 0 Å². The van der Waals surface area contributed by atoms with Crippen molar-refractivity contribution >= 4 is 22.4 Å². The molecule has 0 aliphatic carbocycles. The Hall–Kier alpha value is -1.02. The molecule has 0 unspecified atom stereocenters. The predicted molar refractivity (Wildman–Crippen MR) is 83.0 cm³/mol. The van der Waals surface area contributed by atoms with Gasteiger partial charge in [0.1, 0.15) is 0 Å². The Labute approximate surface area is 131 Å². The summed E-state index contributed by atoms with van der Waals surface area (Å²) in [5, 5.41) is 2.93. The molecule has 1 aromatic rings. The molecule has 1 heterocycles. The summed E-state index contributed by atoms with van der Waals surface area (Å²) in [5.74, 6) is 1.09. The van der Waals surface area contributed by atoms with E-state index < -0.39 is 10.0 Å². The highest BCUT2D eigenvalue weighted by Crippen LogP contribution is 2.32. The van der Waals surface area contributed by atoms with Crippen molar-refractivity contribution in [1.82, 2.24) is 9.62 Å². The van der Waals surface area contributed by atoms with Crippen LogP contribution in [0.15, 0.2) is 23.1 Å². The van der Waals surface area contributed by atoms with Gasteiger partial charge < -0.3 is 14.8 Å². The van der Waals surface area contributed by atoms with Crippen LogP contribution < -0.4 is 14.8 Å². The zero-order chi connectivity index (χ0) is 14.6. The second-order valence-electron chi connectivity index (χ2n) is 4.59. The highest BCUT2D eigenvalue weighted by atomic mass is 35.5. The fraction of sp³-hybridized carbons (Fsp3) is 0.538. The fourth-order valence-corrected chi connectivity index (χ4v) is 3.06. The highest BCUT2D eigenvalue weighted by molar-refractivity contribution is 7.89. The molecule has 0 spiro atoms. The van der Waals surface area contributed by atoms with Gasteiger partial charge in [0, 0.05) is 32.6 Å². The SMILES string of the molecule is CNCCN(C)S(=O)(=O)c1ccc2c(c1)OCCCO2.Cl. The molecular formula is C13H21ClN2O4S. The van der Waals surface area contributed by atoms with Crippen molar-refractivity contribution < 1.29 is 17.9 Å². The molecule has 21 heavy (non-hydrogen) atoms. The van der Waals surface area contributed by atoms with E-state index in [0.717, 1.165) is 6.42 Å². The van der Waals surface area contributed by atoms with Crippen molar-refractivity contribution in [2.24, 2.45) is 0 Å². The van der Waals surface area contributed by atoms with Crippen molar-refractivity contribution in [3.63, 3.8) is 0 Å². The maximum absolute atomic E-state index is 12.4. The van der Waals surface area contributed by atoms with E-state index in [1.165, 1.54) is 10.4 Å². The van der Waals surface area contributed by atoms with Crippen molar-refractivity contribution in [2.45, 2.75) is 11.3 Å². The van der Waals surface area contributed by atoms with E-state index in [1.54, 1.807) is 26.2 Å². The molecule has 1 aromatic carbocycles. The van der Waals surface area contributed by atoms with Crippen LogP contribution in [-0.2, 0) is 10.0 Å². The van der Waals surface area contributed by atoms with Gasteiger partial charge in [-0.1, -0.05) is 0 Å². The Morgan fingerprint density at radius 2 is 1.90 bits per heavy atom. The number of likely N-dealkylation sites (N-methyl/N-ethyl adjacent to an activating group) is 2. The lowest BCUT2D eigenvalue weighted by Gasteiger charge is -2.18. The minimum Gasteiger partial charge on any atom is -0.490 e. The lowest BCUT2D eigenvalue weighted by molar-refractivity contribution is 0.297. The van der Waals surface area contributed by atoms with E-state index in [4.69, 9.17) is 9.47 Å². The Morgan fingerprint density at radius 1 is 1.24 bits per heavy atom. The zero-order valence-corrected chi connectivity index (χ0v) is 13.8. The van der Waals surface area contributed by atoms with Gasteiger partial charge >= 0.3 is 0 Å². The maximum atomic E-state index is 12.4. The van der Waals surface area contributed by atoms with Gasteiger partial charge in [0.05, 0.1) is 18.1 Å². The van der Waals surface area contributed by atoms with E-state index >= 15 is 0 Å². The highest BCUT2D eigenvalue weighted by Gasteiger charge is 2.22. The summed E-state index contributed by atoms with van der Waals surface area (Å²) in [6.45, 7) is 2.13. The third-order valence-corrected chi connectivity index (χ3v) is 4.96. The normalized spacial score (nSPS) is 14.4. The van der Waals surface area contributed by atoms with Crippen LogP contribution in [0.1, 0.15) is 6.42 Å². The van der Waals surface area contributed by atoms with Crippen molar-refractivity contribution in [3.05, 3.63) is 18.2 Å². The number of nitrogens with one attached hydrogen (secondary N) is 1. The summed E-state index contributed by atoms with van der Waals surface area (Å²) >= 11 is 0. The molecule has 0 atom stereocenters. The Morgan fingerprint density at radius 3 is 2.57 bits per heavy atom. The fourth-order valence-electron chi connectivity index (χ4n) is 1.87. The first-order valence-corrected chi connectivity index (χ1v) is 8.00. The second kappa shape index (κ2) is 7.84. The monoisotopic (exact) mass is 336 g/mol. The minimum atomic E-state index is -3.50. The summed E-state index contributed by atoms with van der Waals surface area (Å²) in [6, 6.07) is 4.74. The molecule has 0 fully saturated rings. The summed E-state index contributed by atoms with van der Waals surface area (Å²) < 4.78 is 37.2. The summed E-state index contributed by atoms with van der Waals surface area (Å²) in [5.41, 5.74) is 0. The lowest BCUT2D eigenvalue weighted by Crippen LogP contribution is -2.32. The average Bonchev–Trinajstić information content (AvgIpc) is 2.68. The molecule has 1 N–H and O–H groups in total. The molecular weight excluding hydrogens is 316 g/mol. The molecule has 1 aliphatic rings. The van der Waals surface area contributed by atoms with Gasteiger partial charge in [-0.3, -0.25) is 0 Å². The molecule has 6 nitrogen and oxygen atoms in total. The first-order chi connectivity index (χ1) is 9.55. The molecule has 8 heteroatoms. The molecule has 1 aliphatic heterocycles. The lowest BCUT2D eigenvalue weighted by atomic mass is 10.3. The first kappa shape index (κ1) is 18.0. The number of halogens is 1. The molecule has 0 aromatic heterocycles. The topological polar surface area (TPSA) is 67.9 Å². The third-order valence-electron chi connectivity index (χ3n) is 3.10. The van der Waals surface area contributed by atoms with E-state index in [2.05, 4.69) is 5.32 Å². The summed E-state index contributed by atoms with van der Waals surface area (Å²) in [7, 11) is -0.148. The number of hydrogen-bond donors (Lipinski definition) is 1. The molecule has 0 amide bonds. The van der Waals surface area contributed by atoms with Gasteiger partial charge in [0.15, 0.2) is 11.5 Å². The molecule has 0 radical (unpaired) electrons. The van der Waals surface area contributed by atoms with Crippen LogP contribution in [0.25, 0.3) is 0 Å². The number of fused-ring (bicyclic) bond motifs is 1. The van der Waals surface area contributed by atoms with Gasteiger partial charge in [-0.25, -0.2) is 8.42 Å². The van der Waals surface area contributed by atoms with Crippen LogP contribution in [0.5, 0.6) is 11.5 Å². The number of benzene rings is 1. The van der Waals surface area contributed by atoms with Crippen LogP contribution >= 0.6 is 12.4 Å². The Balaban J connectivity index is 0.00000220. The zero-order valence-electron chi connectivity index (χ0n) is 12.2. The predicted octanol–water partition coefficient (Wildman–Crippen LogP) is 1.11. The Bertz CT molecular complexity index is 565. The molecule has 0 saturated carbocycles. The standard InChI is InChI=1S/C13H20N2O4S.ClH/c1-14-6-7-15(2)20(16,17)11-4-5-12-13(10-11)19-9-3-8-18-12;/h4-5,10,14H,3,6-9H2,1-2H3;1H.